The molecule has 20 heterocycles. The van der Waals surface area contributed by atoms with Crippen molar-refractivity contribution >= 4 is 111 Å². The smallest absolute Gasteiger partial charge is 0.344 e. The Bertz CT molecular complexity index is 8750. The van der Waals surface area contributed by atoms with Gasteiger partial charge in [-0.2, -0.15) is 0 Å². The number of aliphatic hydroxyl groups is 1. The molecular weight excluding hydrogens is 1860 g/mol. The Morgan fingerprint density at radius 2 is 0.673 bits per heavy atom. The summed E-state index contributed by atoms with van der Waals surface area (Å²) < 4.78 is 37.7. The molecular formula is C112H118N24O11. The van der Waals surface area contributed by atoms with Gasteiger partial charge in [0, 0.05) is 200 Å². The third-order valence-electron chi connectivity index (χ3n) is 28.8. The van der Waals surface area contributed by atoms with Gasteiger partial charge in [0.2, 0.25) is 0 Å². The van der Waals surface area contributed by atoms with Crippen molar-refractivity contribution < 1.29 is 27.2 Å². The highest BCUT2D eigenvalue weighted by molar-refractivity contribution is 5.92. The fraction of sp³-hybridized carbons (Fsp3) is 0.330. The maximum atomic E-state index is 12.8. The quantitative estimate of drug-likeness (QED) is 0.115. The monoisotopic (exact) mass is 1970 g/mol. The maximum absolute atomic E-state index is 12.8. The lowest BCUT2D eigenvalue weighted by Gasteiger charge is -2.40. The SMILES string of the molecule is CCN1CCN(c2ccc3cc(-c4cn5cc(C)ncc5n4)oc(=O)c3c2)C[C@H]1C.Cc1cn2cc(-c3cc4ccc(N5CCC(N(C)C)CC5)cc4c(=O)o3)nc2c(C)n1.Cc1cn2cc(-c3cc4ccc(N5CCC(O)CC5)cc4c(=O)o3)nc2c(C)n1.Cc1cn2cc(-c3cc4ccc(N5CCN(C)[C@H](C)C5)cc4c(=O)o3)nc2cn1.Cc1cn2cc(-c3cc4ccc(N5CCN[C@H](C)C5)cc4c(=O)o3)nc2cn1. The largest absolute Gasteiger partial charge is 0.421 e. The van der Waals surface area contributed by atoms with Crippen LogP contribution in [0, 0.1) is 48.5 Å². The van der Waals surface area contributed by atoms with Gasteiger partial charge in [0.1, 0.15) is 28.5 Å². The molecule has 0 radical (unpaired) electrons. The van der Waals surface area contributed by atoms with Crippen LogP contribution in [0.1, 0.15) is 93.2 Å². The standard InChI is InChI=1S/C24H27N5O2.C23H25N5O2.C22H23N5O2.C22H22N4O3.C21H21N5O2/c1-15-13-29-14-21(26-23(29)16(2)25-15)22-11-17-5-6-19(12-20(17)24(30)31-22)28-9-7-18(8-10-28)27(3)4;1-4-26-7-8-27(13-16(26)3)18-6-5-17-9-21(30-23(29)19(17)10-18)20-14-28-12-15(2)24-11-22(28)25-20;1-14-11-27-13-19(24-21(27)10-23-14)20-8-16-4-5-17(9-18(16)22(28)29-20)26-7-6-25(3)15(2)12-26;1-13-11-26-12-19(24-21(26)14(2)23-13)20-9-15-3-4-16(10-18(15)22(28)29-20)25-7-5-17(27)6-8-25;1-13-10-25(6-5-22-13)16-4-3-15-7-19(28-21(27)17(15)8-16)18-12-26-11-14(2)23-9-20(26)24-18/h5-6,11-14,18H,7-10H2,1-4H3;5-6,9-12,14,16H,4,7-8,13H2,1-3H3;4-5,8-11,13,15H,6-7,12H2,1-3H3;3-4,9-12,17,27H,5-8H2,1-2H3;3-4,7-9,11-13,22H,5-6,10H2,1-2H3/t;16-;15-;;13-/m.11.1/s1. The molecule has 35 nitrogen and oxygen atoms in total. The van der Waals surface area contributed by atoms with Crippen LogP contribution in [0.5, 0.6) is 0 Å². The van der Waals surface area contributed by atoms with Crippen LogP contribution in [0.2, 0.25) is 0 Å². The van der Waals surface area contributed by atoms with Crippen molar-refractivity contribution in [3.63, 3.8) is 0 Å². The predicted molar refractivity (Wildman–Crippen MR) is 575 cm³/mol. The van der Waals surface area contributed by atoms with Crippen molar-refractivity contribution in [2.75, 3.05) is 137 Å². The molecule has 35 heteroatoms. The zero-order valence-electron chi connectivity index (χ0n) is 85.0. The molecule has 3 atom stereocenters. The van der Waals surface area contributed by atoms with Crippen molar-refractivity contribution in [1.82, 2.24) is 91.9 Å². The van der Waals surface area contributed by atoms with Gasteiger partial charge in [0.05, 0.1) is 91.5 Å². The van der Waals surface area contributed by atoms with Crippen molar-refractivity contribution in [3.8, 4) is 57.3 Å². The van der Waals surface area contributed by atoms with Crippen LogP contribution >= 0.6 is 0 Å². The van der Waals surface area contributed by atoms with Crippen LogP contribution in [0.3, 0.4) is 0 Å². The summed E-state index contributed by atoms with van der Waals surface area (Å²) in [5.74, 6) is 2.30. The first kappa shape index (κ1) is 97.1. The van der Waals surface area contributed by atoms with Crippen LogP contribution in [0.4, 0.5) is 28.4 Å². The molecule has 5 aliphatic heterocycles. The molecule has 0 amide bonds. The van der Waals surface area contributed by atoms with E-state index in [2.05, 4.69) is 167 Å². The summed E-state index contributed by atoms with van der Waals surface area (Å²) in [6, 6.07) is 41.4. The van der Waals surface area contributed by atoms with E-state index >= 15 is 0 Å². The fourth-order valence-corrected chi connectivity index (χ4v) is 20.6. The van der Waals surface area contributed by atoms with E-state index in [1.54, 1.807) is 18.6 Å². The molecule has 5 aromatic carbocycles. The van der Waals surface area contributed by atoms with Crippen molar-refractivity contribution in [2.45, 2.75) is 132 Å². The van der Waals surface area contributed by atoms with E-state index in [1.807, 2.05) is 229 Å². The van der Waals surface area contributed by atoms with E-state index < -0.39 is 0 Å². The predicted octanol–water partition coefficient (Wildman–Crippen LogP) is 15.6. The molecule has 147 heavy (non-hydrogen) atoms. The zero-order valence-corrected chi connectivity index (χ0v) is 85.0. The highest BCUT2D eigenvalue weighted by atomic mass is 16.4. The minimum atomic E-state index is -0.375. The Hall–Kier alpha value is -16.0. The number of aliphatic hydroxyl groups excluding tert-OH is 1. The molecule has 15 aromatic heterocycles. The molecule has 0 bridgehead atoms. The molecule has 752 valence electrons. The first-order chi connectivity index (χ1) is 70.9. The van der Waals surface area contributed by atoms with Gasteiger partial charge in [0.25, 0.3) is 0 Å². The Labute approximate surface area is 845 Å². The number of likely N-dealkylation sites (N-methyl/N-ethyl adjacent to an activating group) is 2. The molecule has 0 aliphatic carbocycles. The molecule has 5 aliphatic rings. The third kappa shape index (κ3) is 20.6. The number of nitrogens with zero attached hydrogens (tertiary/aromatic N) is 23. The molecule has 2 N–H and O–H groups in total. The number of aryl methyl sites for hydroxylation is 7. The zero-order chi connectivity index (χ0) is 102. The summed E-state index contributed by atoms with van der Waals surface area (Å²) >= 11 is 0. The van der Waals surface area contributed by atoms with Crippen LogP contribution in [0.25, 0.3) is 139 Å². The topological polar surface area (TPSA) is 360 Å². The van der Waals surface area contributed by atoms with Gasteiger partial charge in [-0.3, -0.25) is 29.8 Å². The second-order valence-corrected chi connectivity index (χ2v) is 39.7. The molecule has 20 aromatic rings. The van der Waals surface area contributed by atoms with E-state index in [0.29, 0.717) is 125 Å². The number of hydrogen-bond acceptors (Lipinski definition) is 30. The summed E-state index contributed by atoms with van der Waals surface area (Å²) in [6.07, 6.45) is 27.5. The Balaban J connectivity index is 0.000000108. The highest BCUT2D eigenvalue weighted by Gasteiger charge is 2.29. The first-order valence-corrected chi connectivity index (χ1v) is 50.2. The van der Waals surface area contributed by atoms with E-state index in [9.17, 15) is 29.1 Å². The van der Waals surface area contributed by atoms with Gasteiger partial charge in [-0.15, -0.1) is 0 Å². The minimum absolute atomic E-state index is 0.229. The summed E-state index contributed by atoms with van der Waals surface area (Å²) in [7, 11) is 6.43. The summed E-state index contributed by atoms with van der Waals surface area (Å²) in [6.45, 7) is 35.6. The number of piperazine rings is 3. The molecule has 0 spiro atoms. The second kappa shape index (κ2) is 40.6. The third-order valence-corrected chi connectivity index (χ3v) is 28.8. The normalized spacial score (nSPS) is 16.8. The lowest BCUT2D eigenvalue weighted by atomic mass is 10.0. The number of anilines is 5. The van der Waals surface area contributed by atoms with E-state index in [0.717, 1.165) is 224 Å². The summed E-state index contributed by atoms with van der Waals surface area (Å²) in [4.78, 5) is 127. The van der Waals surface area contributed by atoms with E-state index in [-0.39, 0.29) is 34.2 Å². The molecule has 5 fully saturated rings. The molecule has 0 unspecified atom stereocenters. The number of hydrogen-bond donors (Lipinski definition) is 2. The first-order valence-electron chi connectivity index (χ1n) is 50.2. The van der Waals surface area contributed by atoms with Gasteiger partial charge in [-0.1, -0.05) is 37.3 Å². The lowest BCUT2D eigenvalue weighted by Crippen LogP contribution is -2.51. The van der Waals surface area contributed by atoms with Crippen LogP contribution in [-0.2, 0) is 0 Å². The van der Waals surface area contributed by atoms with Gasteiger partial charge in [-0.25, -0.2) is 48.9 Å². The van der Waals surface area contributed by atoms with E-state index in [4.69, 9.17) is 22.1 Å². The van der Waals surface area contributed by atoms with Crippen LogP contribution in [0.15, 0.2) is 248 Å². The number of nitrogens with one attached hydrogen (secondary N) is 1. The number of aromatic nitrogens is 15. The van der Waals surface area contributed by atoms with Crippen molar-refractivity contribution in [1.29, 1.82) is 0 Å². The van der Waals surface area contributed by atoms with Crippen molar-refractivity contribution in [3.05, 3.63) is 294 Å². The van der Waals surface area contributed by atoms with Crippen molar-refractivity contribution in [2.24, 2.45) is 0 Å². The molecule has 25 rings (SSSR count). The van der Waals surface area contributed by atoms with Gasteiger partial charge in [0.15, 0.2) is 57.0 Å². The number of rotatable bonds is 12. The van der Waals surface area contributed by atoms with Gasteiger partial charge in [-0.05, 0) is 241 Å². The average Bonchev–Trinajstić information content (AvgIpc) is 1.12. The summed E-state index contributed by atoms with van der Waals surface area (Å²) in [5, 5.41) is 20.3. The number of fused-ring (bicyclic) bond motifs is 10. The van der Waals surface area contributed by atoms with Gasteiger partial charge < -0.3 is 88.8 Å². The maximum Gasteiger partial charge on any atom is 0.344 e. The fourth-order valence-electron chi connectivity index (χ4n) is 20.6. The van der Waals surface area contributed by atoms with Gasteiger partial charge >= 0.3 is 28.1 Å². The lowest BCUT2D eigenvalue weighted by molar-refractivity contribution is 0.145. The van der Waals surface area contributed by atoms with Crippen LogP contribution in [-0.4, -0.2) is 235 Å². The number of benzene rings is 5. The highest BCUT2D eigenvalue weighted by Crippen LogP contribution is 2.36. The second-order valence-electron chi connectivity index (χ2n) is 39.7. The number of imidazole rings is 5. The molecule has 0 saturated carbocycles. The Kier molecular flexibility index (Phi) is 26.8. The summed E-state index contributed by atoms with van der Waals surface area (Å²) in [5.41, 5.74) is 16.4. The van der Waals surface area contributed by atoms with Crippen LogP contribution < -0.4 is 57.9 Å². The Morgan fingerprint density at radius 3 is 1.01 bits per heavy atom. The van der Waals surface area contributed by atoms with E-state index in [1.165, 1.54) is 0 Å². The number of piperidine rings is 2. The Morgan fingerprint density at radius 1 is 0.354 bits per heavy atom. The molecule has 5 saturated heterocycles. The average molecular weight is 1980 g/mol. The minimum Gasteiger partial charge on any atom is -0.421 e.